The van der Waals surface area contributed by atoms with Crippen LogP contribution in [0.3, 0.4) is 0 Å². The van der Waals surface area contributed by atoms with E-state index in [1.807, 2.05) is 31.2 Å². The van der Waals surface area contributed by atoms with Crippen molar-refractivity contribution in [2.75, 3.05) is 5.32 Å². The molecule has 0 unspecified atom stereocenters. The van der Waals surface area contributed by atoms with Crippen LogP contribution in [0.2, 0.25) is 5.02 Å². The van der Waals surface area contributed by atoms with E-state index >= 15 is 0 Å². The fourth-order valence-electron chi connectivity index (χ4n) is 2.66. The zero-order chi connectivity index (χ0) is 20.1. The van der Waals surface area contributed by atoms with E-state index in [2.05, 4.69) is 10.6 Å². The lowest BCUT2D eigenvalue weighted by atomic mass is 10.1. The predicted octanol–water partition coefficient (Wildman–Crippen LogP) is 4.97. The van der Waals surface area contributed by atoms with Gasteiger partial charge in [-0.25, -0.2) is 4.39 Å². The van der Waals surface area contributed by atoms with E-state index in [4.69, 9.17) is 11.6 Å². The van der Waals surface area contributed by atoms with E-state index in [0.29, 0.717) is 23.4 Å². The number of carbonyl (C=O) groups excluding carboxylic acids is 2. The van der Waals surface area contributed by atoms with Crippen molar-refractivity contribution in [1.29, 1.82) is 0 Å². The second kappa shape index (κ2) is 8.67. The van der Waals surface area contributed by atoms with E-state index in [-0.39, 0.29) is 16.8 Å². The molecule has 3 aromatic rings. The first kappa shape index (κ1) is 19.6. The van der Waals surface area contributed by atoms with Crippen molar-refractivity contribution in [3.63, 3.8) is 0 Å². The summed E-state index contributed by atoms with van der Waals surface area (Å²) in [5.74, 6) is -1.16. The van der Waals surface area contributed by atoms with Crippen LogP contribution in [0.1, 0.15) is 31.8 Å². The fourth-order valence-corrected chi connectivity index (χ4v) is 2.84. The summed E-state index contributed by atoms with van der Waals surface area (Å²) in [5.41, 5.74) is 3.35. The third-order valence-electron chi connectivity index (χ3n) is 4.12. The van der Waals surface area contributed by atoms with Crippen LogP contribution in [0.25, 0.3) is 0 Å². The van der Waals surface area contributed by atoms with E-state index in [1.165, 1.54) is 18.2 Å². The Morgan fingerprint density at radius 1 is 0.929 bits per heavy atom. The van der Waals surface area contributed by atoms with E-state index in [9.17, 15) is 14.0 Å². The number of anilines is 1. The molecule has 4 nitrogen and oxygen atoms in total. The Labute approximate surface area is 167 Å². The molecule has 0 aromatic heterocycles. The monoisotopic (exact) mass is 396 g/mol. The topological polar surface area (TPSA) is 58.2 Å². The summed E-state index contributed by atoms with van der Waals surface area (Å²) < 4.78 is 13.2. The van der Waals surface area contributed by atoms with Gasteiger partial charge in [-0.2, -0.15) is 0 Å². The smallest absolute Gasteiger partial charge is 0.255 e. The van der Waals surface area contributed by atoms with Crippen LogP contribution < -0.4 is 10.6 Å². The molecule has 0 atom stereocenters. The van der Waals surface area contributed by atoms with Crippen LogP contribution in [0, 0.1) is 12.7 Å². The molecule has 3 rings (SSSR count). The van der Waals surface area contributed by atoms with Gasteiger partial charge < -0.3 is 10.6 Å². The summed E-state index contributed by atoms with van der Waals surface area (Å²) in [7, 11) is 0. The fraction of sp³-hybridized carbons (Fsp3) is 0.0909. The van der Waals surface area contributed by atoms with Gasteiger partial charge in [0, 0.05) is 23.4 Å². The van der Waals surface area contributed by atoms with Gasteiger partial charge in [-0.3, -0.25) is 9.59 Å². The van der Waals surface area contributed by atoms with Gasteiger partial charge in [0.1, 0.15) is 5.82 Å². The molecule has 0 radical (unpaired) electrons. The van der Waals surface area contributed by atoms with E-state index in [1.54, 1.807) is 24.3 Å². The lowest BCUT2D eigenvalue weighted by Gasteiger charge is -2.08. The van der Waals surface area contributed by atoms with Gasteiger partial charge in [0.25, 0.3) is 11.8 Å². The van der Waals surface area contributed by atoms with Crippen molar-refractivity contribution in [3.05, 3.63) is 99.8 Å². The zero-order valence-electron chi connectivity index (χ0n) is 15.1. The molecular weight excluding hydrogens is 379 g/mol. The van der Waals surface area contributed by atoms with Gasteiger partial charge in [-0.15, -0.1) is 0 Å². The molecule has 0 aliphatic rings. The van der Waals surface area contributed by atoms with Gasteiger partial charge in [0.05, 0.1) is 5.02 Å². The van der Waals surface area contributed by atoms with E-state index in [0.717, 1.165) is 11.1 Å². The van der Waals surface area contributed by atoms with Crippen molar-refractivity contribution in [3.8, 4) is 0 Å². The Balaban J connectivity index is 1.61. The van der Waals surface area contributed by atoms with Gasteiger partial charge in [0.15, 0.2) is 0 Å². The minimum Gasteiger partial charge on any atom is -0.348 e. The number of benzene rings is 3. The lowest BCUT2D eigenvalue weighted by Crippen LogP contribution is -2.23. The molecule has 0 aliphatic carbocycles. The zero-order valence-corrected chi connectivity index (χ0v) is 15.9. The number of carbonyl (C=O) groups is 2. The quantitative estimate of drug-likeness (QED) is 0.639. The molecule has 142 valence electrons. The van der Waals surface area contributed by atoms with Crippen molar-refractivity contribution in [1.82, 2.24) is 5.32 Å². The number of hydrogen-bond donors (Lipinski definition) is 2. The molecule has 0 saturated heterocycles. The highest BCUT2D eigenvalue weighted by atomic mass is 35.5. The third kappa shape index (κ3) is 4.96. The molecule has 2 amide bonds. The largest absolute Gasteiger partial charge is 0.348 e. The van der Waals surface area contributed by atoms with Crippen molar-refractivity contribution in [2.24, 2.45) is 0 Å². The average Bonchev–Trinajstić information content (AvgIpc) is 2.69. The molecule has 0 saturated carbocycles. The summed E-state index contributed by atoms with van der Waals surface area (Å²) >= 11 is 5.71. The van der Waals surface area contributed by atoms with Gasteiger partial charge in [-0.05, 0) is 55.0 Å². The standard InChI is InChI=1S/C22H18ClFN2O2/c1-14-3-2-4-15(11-14)13-25-21(27)16-5-7-17(8-6-16)22(28)26-18-9-10-20(24)19(23)12-18/h2-12H,13H2,1H3,(H,25,27)(H,26,28). The summed E-state index contributed by atoms with van der Waals surface area (Å²) in [6.07, 6.45) is 0. The van der Waals surface area contributed by atoms with E-state index < -0.39 is 5.82 Å². The molecule has 0 heterocycles. The molecule has 0 spiro atoms. The Morgan fingerprint density at radius 2 is 1.61 bits per heavy atom. The summed E-state index contributed by atoms with van der Waals surface area (Å²) in [6, 6.07) is 18.1. The maximum atomic E-state index is 13.2. The van der Waals surface area contributed by atoms with Crippen LogP contribution >= 0.6 is 11.6 Å². The van der Waals surface area contributed by atoms with Crippen LogP contribution in [0.4, 0.5) is 10.1 Å². The predicted molar refractivity (Wildman–Crippen MR) is 108 cm³/mol. The summed E-state index contributed by atoms with van der Waals surface area (Å²) in [5, 5.41) is 5.42. The molecule has 0 bridgehead atoms. The molecule has 6 heteroatoms. The summed E-state index contributed by atoms with van der Waals surface area (Å²) in [4.78, 5) is 24.6. The van der Waals surface area contributed by atoms with Crippen LogP contribution in [0.15, 0.2) is 66.7 Å². The highest BCUT2D eigenvalue weighted by Crippen LogP contribution is 2.20. The number of halogens is 2. The summed E-state index contributed by atoms with van der Waals surface area (Å²) in [6.45, 7) is 2.42. The van der Waals surface area contributed by atoms with Gasteiger partial charge in [-0.1, -0.05) is 41.4 Å². The minimum atomic E-state index is -0.555. The molecule has 2 N–H and O–H groups in total. The SMILES string of the molecule is Cc1cccc(CNC(=O)c2ccc(C(=O)Nc3ccc(F)c(Cl)c3)cc2)c1. The Hall–Kier alpha value is -3.18. The number of rotatable bonds is 5. The van der Waals surface area contributed by atoms with Crippen LogP contribution in [-0.2, 0) is 6.54 Å². The van der Waals surface area contributed by atoms with Gasteiger partial charge >= 0.3 is 0 Å². The molecule has 3 aromatic carbocycles. The molecular formula is C22H18ClFN2O2. The number of aryl methyl sites for hydroxylation is 1. The Morgan fingerprint density at radius 3 is 2.25 bits per heavy atom. The maximum absolute atomic E-state index is 13.2. The highest BCUT2D eigenvalue weighted by Gasteiger charge is 2.10. The normalized spacial score (nSPS) is 10.4. The second-order valence-corrected chi connectivity index (χ2v) is 6.74. The van der Waals surface area contributed by atoms with Crippen LogP contribution in [0.5, 0.6) is 0 Å². The molecule has 0 fully saturated rings. The number of hydrogen-bond acceptors (Lipinski definition) is 2. The first-order valence-electron chi connectivity index (χ1n) is 8.62. The van der Waals surface area contributed by atoms with Crippen LogP contribution in [-0.4, -0.2) is 11.8 Å². The van der Waals surface area contributed by atoms with Gasteiger partial charge in [0.2, 0.25) is 0 Å². The van der Waals surface area contributed by atoms with Crippen molar-refractivity contribution in [2.45, 2.75) is 13.5 Å². The number of amides is 2. The van der Waals surface area contributed by atoms with Crippen molar-refractivity contribution < 1.29 is 14.0 Å². The van der Waals surface area contributed by atoms with Crippen molar-refractivity contribution >= 4 is 29.1 Å². The second-order valence-electron chi connectivity index (χ2n) is 6.33. The third-order valence-corrected chi connectivity index (χ3v) is 4.41. The first-order chi connectivity index (χ1) is 13.4. The highest BCUT2D eigenvalue weighted by molar-refractivity contribution is 6.31. The molecule has 0 aliphatic heterocycles. The maximum Gasteiger partial charge on any atom is 0.255 e. The molecule has 28 heavy (non-hydrogen) atoms. The number of nitrogens with one attached hydrogen (secondary N) is 2. The lowest BCUT2D eigenvalue weighted by molar-refractivity contribution is 0.0949. The Kier molecular flexibility index (Phi) is 6.06. The Bertz CT molecular complexity index is 1020. The average molecular weight is 397 g/mol. The minimum absolute atomic E-state index is 0.0709. The first-order valence-corrected chi connectivity index (χ1v) is 9.00.